The highest BCUT2D eigenvalue weighted by atomic mass is 16.4. The van der Waals surface area contributed by atoms with Gasteiger partial charge in [-0.25, -0.2) is 4.79 Å². The molecule has 1 heterocycles. The average molecular weight is 251 g/mol. The fourth-order valence-electron chi connectivity index (χ4n) is 1.55. The maximum Gasteiger partial charge on any atom is 0.408 e. The second-order valence-corrected chi connectivity index (χ2v) is 3.80. The normalized spacial score (nSPS) is 12.6. The Bertz CT molecular complexity index is 461. The number of hydrogen-bond donors (Lipinski definition) is 3. The molecule has 0 unspecified atom stereocenters. The lowest BCUT2D eigenvalue weighted by Gasteiger charge is -2.25. The summed E-state index contributed by atoms with van der Waals surface area (Å²) in [5.41, 5.74) is 5.82. The SMILES string of the molecule is C[C@@H](c1ccc(=O)[nH]c1)N(C/C=C/CN)C(=O)O. The Kier molecular flexibility index (Phi) is 5.13. The van der Waals surface area contributed by atoms with Gasteiger partial charge >= 0.3 is 6.09 Å². The van der Waals surface area contributed by atoms with Gasteiger partial charge in [0.2, 0.25) is 5.56 Å². The molecule has 0 aliphatic rings. The van der Waals surface area contributed by atoms with Crippen molar-refractivity contribution in [3.63, 3.8) is 0 Å². The van der Waals surface area contributed by atoms with Crippen LogP contribution in [-0.2, 0) is 0 Å². The van der Waals surface area contributed by atoms with Gasteiger partial charge in [0.1, 0.15) is 0 Å². The molecule has 0 spiro atoms. The summed E-state index contributed by atoms with van der Waals surface area (Å²) in [5, 5.41) is 9.15. The van der Waals surface area contributed by atoms with E-state index in [1.165, 1.54) is 17.2 Å². The summed E-state index contributed by atoms with van der Waals surface area (Å²) >= 11 is 0. The molecule has 18 heavy (non-hydrogen) atoms. The van der Waals surface area contributed by atoms with Crippen LogP contribution < -0.4 is 11.3 Å². The summed E-state index contributed by atoms with van der Waals surface area (Å²) in [6.45, 7) is 2.39. The molecule has 0 fully saturated rings. The first-order chi connectivity index (χ1) is 8.56. The van der Waals surface area contributed by atoms with E-state index in [4.69, 9.17) is 10.8 Å². The van der Waals surface area contributed by atoms with Gasteiger partial charge in [0, 0.05) is 25.4 Å². The number of nitrogens with two attached hydrogens (primary N) is 1. The zero-order valence-corrected chi connectivity index (χ0v) is 10.2. The van der Waals surface area contributed by atoms with Crippen LogP contribution in [0.15, 0.2) is 35.3 Å². The van der Waals surface area contributed by atoms with Crippen molar-refractivity contribution in [1.82, 2.24) is 9.88 Å². The van der Waals surface area contributed by atoms with Crippen LogP contribution in [0.3, 0.4) is 0 Å². The molecule has 0 aliphatic heterocycles. The van der Waals surface area contributed by atoms with E-state index in [1.54, 1.807) is 25.1 Å². The number of carboxylic acid groups (broad SMARTS) is 1. The molecule has 0 aromatic carbocycles. The molecule has 0 saturated carbocycles. The number of nitrogens with one attached hydrogen (secondary N) is 1. The first-order valence-corrected chi connectivity index (χ1v) is 5.59. The molecule has 0 radical (unpaired) electrons. The third-order valence-electron chi connectivity index (χ3n) is 2.61. The van der Waals surface area contributed by atoms with E-state index in [-0.39, 0.29) is 18.1 Å². The minimum absolute atomic E-state index is 0.212. The molecular weight excluding hydrogens is 234 g/mol. The van der Waals surface area contributed by atoms with Gasteiger partial charge in [-0.3, -0.25) is 9.69 Å². The largest absolute Gasteiger partial charge is 0.465 e. The van der Waals surface area contributed by atoms with E-state index < -0.39 is 6.09 Å². The molecule has 1 atom stereocenters. The highest BCUT2D eigenvalue weighted by Crippen LogP contribution is 2.18. The molecule has 1 aromatic heterocycles. The number of aromatic nitrogens is 1. The Morgan fingerprint density at radius 3 is 2.78 bits per heavy atom. The standard InChI is InChI=1S/C12H17N3O3/c1-9(10-4-5-11(16)14-8-10)15(12(17)18)7-3-2-6-13/h2-5,8-9H,6-7,13H2,1H3,(H,14,16)(H,17,18)/b3-2+/t9-/m0/s1. The molecule has 6 nitrogen and oxygen atoms in total. The van der Waals surface area contributed by atoms with Gasteiger partial charge in [-0.1, -0.05) is 18.2 Å². The van der Waals surface area contributed by atoms with E-state index in [0.29, 0.717) is 6.54 Å². The molecule has 0 saturated heterocycles. The average Bonchev–Trinajstić information content (AvgIpc) is 2.34. The maximum absolute atomic E-state index is 11.2. The van der Waals surface area contributed by atoms with Crippen molar-refractivity contribution in [1.29, 1.82) is 0 Å². The fraction of sp³-hybridized carbons (Fsp3) is 0.333. The van der Waals surface area contributed by atoms with Crippen LogP contribution in [0, 0.1) is 0 Å². The van der Waals surface area contributed by atoms with Crippen LogP contribution in [0.5, 0.6) is 0 Å². The summed E-state index contributed by atoms with van der Waals surface area (Å²) in [6, 6.07) is 2.65. The smallest absolute Gasteiger partial charge is 0.408 e. The van der Waals surface area contributed by atoms with E-state index in [0.717, 1.165) is 5.56 Å². The van der Waals surface area contributed by atoms with Crippen molar-refractivity contribution in [2.24, 2.45) is 5.73 Å². The summed E-state index contributed by atoms with van der Waals surface area (Å²) < 4.78 is 0. The maximum atomic E-state index is 11.2. The Morgan fingerprint density at radius 2 is 2.28 bits per heavy atom. The lowest BCUT2D eigenvalue weighted by Crippen LogP contribution is -2.32. The first kappa shape index (κ1) is 14.0. The second-order valence-electron chi connectivity index (χ2n) is 3.80. The van der Waals surface area contributed by atoms with Crippen molar-refractivity contribution in [2.45, 2.75) is 13.0 Å². The third kappa shape index (κ3) is 3.74. The predicted octanol–water partition coefficient (Wildman–Crippen LogP) is 0.931. The zero-order valence-electron chi connectivity index (χ0n) is 10.2. The number of rotatable bonds is 5. The molecule has 4 N–H and O–H groups in total. The van der Waals surface area contributed by atoms with Gasteiger partial charge in [0.05, 0.1) is 6.04 Å². The van der Waals surface area contributed by atoms with Gasteiger partial charge in [-0.05, 0) is 12.5 Å². The Hall–Kier alpha value is -2.08. The Balaban J connectivity index is 2.85. The highest BCUT2D eigenvalue weighted by Gasteiger charge is 2.19. The zero-order chi connectivity index (χ0) is 13.5. The van der Waals surface area contributed by atoms with Crippen molar-refractivity contribution in [2.75, 3.05) is 13.1 Å². The van der Waals surface area contributed by atoms with Gasteiger partial charge in [-0.2, -0.15) is 0 Å². The Morgan fingerprint density at radius 1 is 1.56 bits per heavy atom. The van der Waals surface area contributed by atoms with Crippen LogP contribution in [0.25, 0.3) is 0 Å². The topological polar surface area (TPSA) is 99.4 Å². The summed E-state index contributed by atoms with van der Waals surface area (Å²) in [5.74, 6) is 0. The molecule has 98 valence electrons. The Labute approximate surface area is 105 Å². The molecule has 1 rings (SSSR count). The van der Waals surface area contributed by atoms with Crippen LogP contribution in [0.4, 0.5) is 4.79 Å². The number of hydrogen-bond acceptors (Lipinski definition) is 3. The molecule has 0 bridgehead atoms. The molecule has 1 amide bonds. The highest BCUT2D eigenvalue weighted by molar-refractivity contribution is 5.66. The minimum Gasteiger partial charge on any atom is -0.465 e. The van der Waals surface area contributed by atoms with Crippen molar-refractivity contribution in [3.8, 4) is 0 Å². The summed E-state index contributed by atoms with van der Waals surface area (Å²) in [7, 11) is 0. The molecular formula is C12H17N3O3. The summed E-state index contributed by atoms with van der Waals surface area (Å²) in [4.78, 5) is 25.9. The van der Waals surface area contributed by atoms with Crippen molar-refractivity contribution >= 4 is 6.09 Å². The molecule has 0 aliphatic carbocycles. The van der Waals surface area contributed by atoms with Crippen LogP contribution >= 0.6 is 0 Å². The van der Waals surface area contributed by atoms with Gasteiger partial charge in [-0.15, -0.1) is 0 Å². The molecule has 6 heteroatoms. The van der Waals surface area contributed by atoms with Crippen molar-refractivity contribution < 1.29 is 9.90 Å². The van der Waals surface area contributed by atoms with E-state index >= 15 is 0 Å². The van der Waals surface area contributed by atoms with Gasteiger partial charge in [0.15, 0.2) is 0 Å². The van der Waals surface area contributed by atoms with Crippen LogP contribution in [-0.4, -0.2) is 34.2 Å². The lowest BCUT2D eigenvalue weighted by atomic mass is 10.1. The van der Waals surface area contributed by atoms with E-state index in [1.807, 2.05) is 0 Å². The van der Waals surface area contributed by atoms with E-state index in [9.17, 15) is 9.59 Å². The third-order valence-corrected chi connectivity index (χ3v) is 2.61. The lowest BCUT2D eigenvalue weighted by molar-refractivity contribution is 0.134. The second kappa shape index (κ2) is 6.61. The monoisotopic (exact) mass is 251 g/mol. The van der Waals surface area contributed by atoms with Crippen LogP contribution in [0.2, 0.25) is 0 Å². The van der Waals surface area contributed by atoms with Crippen LogP contribution in [0.1, 0.15) is 18.5 Å². The first-order valence-electron chi connectivity index (χ1n) is 5.59. The fourth-order valence-corrected chi connectivity index (χ4v) is 1.55. The number of aromatic amines is 1. The summed E-state index contributed by atoms with van der Waals surface area (Å²) in [6.07, 6.45) is 3.91. The predicted molar refractivity (Wildman–Crippen MR) is 68.4 cm³/mol. The van der Waals surface area contributed by atoms with Gasteiger partial charge < -0.3 is 15.8 Å². The van der Waals surface area contributed by atoms with Gasteiger partial charge in [0.25, 0.3) is 0 Å². The van der Waals surface area contributed by atoms with Crippen molar-refractivity contribution in [3.05, 3.63) is 46.4 Å². The number of H-pyrrole nitrogens is 1. The number of nitrogens with zero attached hydrogens (tertiary/aromatic N) is 1. The number of pyridine rings is 1. The quantitative estimate of drug-likeness (QED) is 0.678. The molecule has 1 aromatic rings. The minimum atomic E-state index is -1.02. The number of carbonyl (C=O) groups is 1. The van der Waals surface area contributed by atoms with E-state index in [2.05, 4.69) is 4.98 Å². The number of amides is 1.